The first kappa shape index (κ1) is 14.6. The Labute approximate surface area is 110 Å². The maximum Gasteiger partial charge on any atom is 0.232 e. The van der Waals surface area contributed by atoms with Crippen LogP contribution in [-0.2, 0) is 14.8 Å². The average molecular weight is 293 g/mol. The van der Waals surface area contributed by atoms with Crippen LogP contribution in [0.25, 0.3) is 0 Å². The summed E-state index contributed by atoms with van der Waals surface area (Å²) in [6, 6.07) is 4.26. The van der Waals surface area contributed by atoms with Gasteiger partial charge in [0.05, 0.1) is 31.6 Å². The zero-order valence-electron chi connectivity index (χ0n) is 9.71. The molecule has 0 aliphatic rings. The number of ether oxygens (including phenoxy) is 1. The van der Waals surface area contributed by atoms with Crippen molar-refractivity contribution in [2.45, 2.75) is 0 Å². The molecule has 1 aromatic rings. The largest absolute Gasteiger partial charge is 0.548 e. The number of nitrogens with zero attached hydrogens (tertiary/aromatic N) is 1. The molecule has 0 heterocycles. The van der Waals surface area contributed by atoms with E-state index in [2.05, 4.69) is 0 Å². The lowest BCUT2D eigenvalue weighted by atomic mass is 10.3. The van der Waals surface area contributed by atoms with Crippen LogP contribution in [0.4, 0.5) is 5.69 Å². The van der Waals surface area contributed by atoms with Crippen molar-refractivity contribution in [3.8, 4) is 5.75 Å². The van der Waals surface area contributed by atoms with Crippen LogP contribution >= 0.6 is 11.6 Å². The molecule has 0 saturated heterocycles. The topological polar surface area (TPSA) is 86.7 Å². The van der Waals surface area contributed by atoms with E-state index < -0.39 is 22.5 Å². The molecule has 0 amide bonds. The Hall–Kier alpha value is -1.47. The van der Waals surface area contributed by atoms with Gasteiger partial charge in [-0.05, 0) is 18.2 Å². The van der Waals surface area contributed by atoms with Crippen LogP contribution < -0.4 is 14.1 Å². The second kappa shape index (κ2) is 5.45. The van der Waals surface area contributed by atoms with E-state index in [1.807, 2.05) is 0 Å². The van der Waals surface area contributed by atoms with Gasteiger partial charge in [-0.2, -0.15) is 0 Å². The summed E-state index contributed by atoms with van der Waals surface area (Å²) in [5.74, 6) is -1.33. The van der Waals surface area contributed by atoms with Crippen molar-refractivity contribution in [2.24, 2.45) is 0 Å². The number of rotatable bonds is 5. The summed E-state index contributed by atoms with van der Waals surface area (Å²) in [4.78, 5) is 10.6. The first-order valence-electron chi connectivity index (χ1n) is 4.77. The highest BCUT2D eigenvalue weighted by molar-refractivity contribution is 7.92. The third kappa shape index (κ3) is 3.51. The predicted octanol–water partition coefficient (Wildman–Crippen LogP) is -0.136. The minimum Gasteiger partial charge on any atom is -0.548 e. The number of benzene rings is 1. The number of aliphatic carboxylic acids is 1. The highest BCUT2D eigenvalue weighted by Crippen LogP contribution is 2.32. The second-order valence-electron chi connectivity index (χ2n) is 3.46. The summed E-state index contributed by atoms with van der Waals surface area (Å²) in [6.45, 7) is -0.810. The van der Waals surface area contributed by atoms with Crippen molar-refractivity contribution in [1.82, 2.24) is 0 Å². The van der Waals surface area contributed by atoms with Gasteiger partial charge in [-0.15, -0.1) is 0 Å². The Morgan fingerprint density at radius 3 is 2.56 bits per heavy atom. The Morgan fingerprint density at radius 2 is 2.11 bits per heavy atom. The summed E-state index contributed by atoms with van der Waals surface area (Å²) in [5, 5.41) is 10.9. The van der Waals surface area contributed by atoms with Gasteiger partial charge in [0.1, 0.15) is 5.75 Å². The maximum absolute atomic E-state index is 11.6. The monoisotopic (exact) mass is 292 g/mol. The van der Waals surface area contributed by atoms with Crippen LogP contribution in [0.5, 0.6) is 5.75 Å². The fourth-order valence-electron chi connectivity index (χ4n) is 1.36. The molecule has 8 heteroatoms. The first-order valence-corrected chi connectivity index (χ1v) is 6.99. The van der Waals surface area contributed by atoms with Crippen LogP contribution in [-0.4, -0.2) is 34.3 Å². The quantitative estimate of drug-likeness (QED) is 0.754. The van der Waals surface area contributed by atoms with E-state index in [1.165, 1.54) is 25.3 Å². The standard InChI is InChI=1S/C10H12ClNO5S/c1-17-9-4-3-7(11)5-8(9)12(6-10(13)14)18(2,15)16/h3-5H,6H2,1-2H3,(H,13,14)/p-1. The van der Waals surface area contributed by atoms with Gasteiger partial charge < -0.3 is 14.6 Å². The maximum atomic E-state index is 11.6. The minimum absolute atomic E-state index is 0.0525. The van der Waals surface area contributed by atoms with Crippen molar-refractivity contribution < 1.29 is 23.1 Å². The lowest BCUT2D eigenvalue weighted by Crippen LogP contribution is -2.41. The summed E-state index contributed by atoms with van der Waals surface area (Å²) >= 11 is 5.76. The van der Waals surface area contributed by atoms with Crippen LogP contribution in [0.2, 0.25) is 5.02 Å². The van der Waals surface area contributed by atoms with Crippen molar-refractivity contribution in [1.29, 1.82) is 0 Å². The number of hydrogen-bond donors (Lipinski definition) is 0. The van der Waals surface area contributed by atoms with E-state index in [-0.39, 0.29) is 16.5 Å². The van der Waals surface area contributed by atoms with E-state index in [4.69, 9.17) is 16.3 Å². The number of carbonyl (C=O) groups is 1. The lowest BCUT2D eigenvalue weighted by Gasteiger charge is -2.24. The number of hydrogen-bond acceptors (Lipinski definition) is 5. The number of halogens is 1. The predicted molar refractivity (Wildman–Crippen MR) is 65.2 cm³/mol. The van der Waals surface area contributed by atoms with Crippen molar-refractivity contribution in [2.75, 3.05) is 24.2 Å². The van der Waals surface area contributed by atoms with Gasteiger partial charge in [-0.1, -0.05) is 11.6 Å². The third-order valence-electron chi connectivity index (χ3n) is 2.08. The van der Waals surface area contributed by atoms with E-state index in [1.54, 1.807) is 0 Å². The molecule has 1 rings (SSSR count). The Kier molecular flexibility index (Phi) is 4.42. The number of methoxy groups -OCH3 is 1. The van der Waals surface area contributed by atoms with E-state index in [9.17, 15) is 18.3 Å². The SMILES string of the molecule is COc1ccc(Cl)cc1N(CC(=O)[O-])S(C)(=O)=O. The fourth-order valence-corrected chi connectivity index (χ4v) is 2.36. The number of sulfonamides is 1. The zero-order chi connectivity index (χ0) is 13.9. The second-order valence-corrected chi connectivity index (χ2v) is 5.80. The molecule has 0 saturated carbocycles. The summed E-state index contributed by atoms with van der Waals surface area (Å²) in [6.07, 6.45) is 0.885. The molecule has 0 aliphatic carbocycles. The smallest absolute Gasteiger partial charge is 0.232 e. The molecule has 0 aliphatic heterocycles. The van der Waals surface area contributed by atoms with Gasteiger partial charge >= 0.3 is 0 Å². The molecule has 6 nitrogen and oxygen atoms in total. The molecule has 100 valence electrons. The van der Waals surface area contributed by atoms with E-state index in [0.29, 0.717) is 4.31 Å². The molecule has 0 spiro atoms. The van der Waals surface area contributed by atoms with E-state index >= 15 is 0 Å². The number of carboxylic acids is 1. The van der Waals surface area contributed by atoms with Crippen LogP contribution in [0.15, 0.2) is 18.2 Å². The first-order chi connectivity index (χ1) is 8.25. The van der Waals surface area contributed by atoms with Crippen LogP contribution in [0, 0.1) is 0 Å². The highest BCUT2D eigenvalue weighted by atomic mass is 35.5. The van der Waals surface area contributed by atoms with Crippen molar-refractivity contribution in [3.05, 3.63) is 23.2 Å². The number of carboxylic acid groups (broad SMARTS) is 1. The Morgan fingerprint density at radius 1 is 1.50 bits per heavy atom. The van der Waals surface area contributed by atoms with E-state index in [0.717, 1.165) is 6.26 Å². The van der Waals surface area contributed by atoms with Gasteiger partial charge in [0.2, 0.25) is 10.0 Å². The van der Waals surface area contributed by atoms with Crippen molar-refractivity contribution in [3.63, 3.8) is 0 Å². The summed E-state index contributed by atoms with van der Waals surface area (Å²) in [5.41, 5.74) is 0.0525. The minimum atomic E-state index is -3.79. The van der Waals surface area contributed by atoms with Crippen LogP contribution in [0.1, 0.15) is 0 Å². The zero-order valence-corrected chi connectivity index (χ0v) is 11.3. The fraction of sp³-hybridized carbons (Fsp3) is 0.300. The highest BCUT2D eigenvalue weighted by Gasteiger charge is 2.21. The number of anilines is 1. The lowest BCUT2D eigenvalue weighted by molar-refractivity contribution is -0.303. The molecule has 0 unspecified atom stereocenters. The molecule has 0 aromatic heterocycles. The molecular formula is C10H11ClNO5S-. The molecule has 1 aromatic carbocycles. The van der Waals surface area contributed by atoms with Gasteiger partial charge in [0, 0.05) is 5.02 Å². The normalized spacial score (nSPS) is 11.1. The molecule has 0 atom stereocenters. The Balaban J connectivity index is 3.37. The van der Waals surface area contributed by atoms with Crippen LogP contribution in [0.3, 0.4) is 0 Å². The molecule has 0 fully saturated rings. The van der Waals surface area contributed by atoms with Gasteiger partial charge in [-0.3, -0.25) is 4.31 Å². The molecular weight excluding hydrogens is 282 g/mol. The van der Waals surface area contributed by atoms with Gasteiger partial charge in [0.25, 0.3) is 0 Å². The summed E-state index contributed by atoms with van der Waals surface area (Å²) < 4.78 is 28.8. The van der Waals surface area contributed by atoms with Gasteiger partial charge in [0.15, 0.2) is 0 Å². The Bertz CT molecular complexity index is 557. The molecule has 0 N–H and O–H groups in total. The third-order valence-corrected chi connectivity index (χ3v) is 3.44. The molecule has 0 bridgehead atoms. The summed E-state index contributed by atoms with van der Waals surface area (Å²) in [7, 11) is -2.45. The molecule has 18 heavy (non-hydrogen) atoms. The van der Waals surface area contributed by atoms with Crippen molar-refractivity contribution >= 4 is 33.3 Å². The average Bonchev–Trinajstić information content (AvgIpc) is 2.24. The van der Waals surface area contributed by atoms with Gasteiger partial charge in [-0.25, -0.2) is 8.42 Å². The molecule has 0 radical (unpaired) electrons. The number of carbonyl (C=O) groups excluding carboxylic acids is 1.